The van der Waals surface area contributed by atoms with Crippen LogP contribution in [-0.4, -0.2) is 57.0 Å². The molecule has 1 fully saturated rings. The number of piperidine rings is 1. The van der Waals surface area contributed by atoms with Gasteiger partial charge in [-0.1, -0.05) is 12.1 Å². The predicted molar refractivity (Wildman–Crippen MR) is 119 cm³/mol. The van der Waals surface area contributed by atoms with Crippen LogP contribution >= 0.6 is 11.3 Å². The number of fused-ring (bicyclic) bond motifs is 1. The van der Waals surface area contributed by atoms with E-state index in [4.69, 9.17) is 14.5 Å². The van der Waals surface area contributed by atoms with Crippen LogP contribution in [0.5, 0.6) is 0 Å². The minimum absolute atomic E-state index is 0.0280. The molecule has 2 heterocycles. The third-order valence-corrected chi connectivity index (χ3v) is 8.47. The SMILES string of the molecule is COC(=O)c1cc(C(=O)OC)cc(S(=O)(=O)N2CCC[C@@H](c3nc4ccccc4s3)C2)c1. The molecule has 10 heteroatoms. The van der Waals surface area contributed by atoms with Gasteiger partial charge in [-0.3, -0.25) is 0 Å². The van der Waals surface area contributed by atoms with Crippen LogP contribution in [0.25, 0.3) is 10.2 Å². The summed E-state index contributed by atoms with van der Waals surface area (Å²) in [7, 11) is -1.59. The number of para-hydroxylation sites is 1. The summed E-state index contributed by atoms with van der Waals surface area (Å²) in [6, 6.07) is 11.5. The number of rotatable bonds is 5. The van der Waals surface area contributed by atoms with Crippen molar-refractivity contribution in [1.29, 1.82) is 0 Å². The van der Waals surface area contributed by atoms with Gasteiger partial charge in [0.25, 0.3) is 0 Å². The van der Waals surface area contributed by atoms with E-state index in [2.05, 4.69) is 0 Å². The van der Waals surface area contributed by atoms with Crippen molar-refractivity contribution in [3.8, 4) is 0 Å². The summed E-state index contributed by atoms with van der Waals surface area (Å²) in [5.74, 6) is -1.50. The third-order valence-electron chi connectivity index (χ3n) is 5.43. The number of carbonyl (C=O) groups is 2. The number of thiazole rings is 1. The Morgan fingerprint density at radius 2 is 1.72 bits per heavy atom. The number of carbonyl (C=O) groups excluding carboxylic acids is 2. The third kappa shape index (κ3) is 4.25. The highest BCUT2D eigenvalue weighted by atomic mass is 32.2. The van der Waals surface area contributed by atoms with E-state index in [1.807, 2.05) is 24.3 Å². The molecule has 4 rings (SSSR count). The zero-order chi connectivity index (χ0) is 22.9. The van der Waals surface area contributed by atoms with Crippen LogP contribution in [0, 0.1) is 0 Å². The van der Waals surface area contributed by atoms with Crippen molar-refractivity contribution in [2.75, 3.05) is 27.3 Å². The van der Waals surface area contributed by atoms with E-state index >= 15 is 0 Å². The zero-order valence-corrected chi connectivity index (χ0v) is 19.2. The van der Waals surface area contributed by atoms with Gasteiger partial charge in [0, 0.05) is 19.0 Å². The Morgan fingerprint density at radius 1 is 1.06 bits per heavy atom. The Morgan fingerprint density at radius 3 is 2.34 bits per heavy atom. The van der Waals surface area contributed by atoms with Crippen LogP contribution in [0.1, 0.15) is 44.5 Å². The fourth-order valence-corrected chi connectivity index (χ4v) is 6.48. The van der Waals surface area contributed by atoms with Crippen LogP contribution in [0.2, 0.25) is 0 Å². The maximum absolute atomic E-state index is 13.5. The highest BCUT2D eigenvalue weighted by molar-refractivity contribution is 7.89. The fourth-order valence-electron chi connectivity index (χ4n) is 3.80. The number of methoxy groups -OCH3 is 2. The van der Waals surface area contributed by atoms with Crippen molar-refractivity contribution in [1.82, 2.24) is 9.29 Å². The molecule has 0 radical (unpaired) electrons. The smallest absolute Gasteiger partial charge is 0.337 e. The lowest BCUT2D eigenvalue weighted by atomic mass is 10.0. The van der Waals surface area contributed by atoms with Crippen molar-refractivity contribution < 1.29 is 27.5 Å². The first kappa shape index (κ1) is 22.4. The quantitative estimate of drug-likeness (QED) is 0.522. The highest BCUT2D eigenvalue weighted by Gasteiger charge is 2.33. The van der Waals surface area contributed by atoms with Gasteiger partial charge in [-0.2, -0.15) is 4.31 Å². The van der Waals surface area contributed by atoms with Crippen LogP contribution in [0.4, 0.5) is 0 Å². The summed E-state index contributed by atoms with van der Waals surface area (Å²) in [5.41, 5.74) is 0.836. The molecule has 3 aromatic rings. The minimum Gasteiger partial charge on any atom is -0.465 e. The molecule has 1 saturated heterocycles. The van der Waals surface area contributed by atoms with Gasteiger partial charge in [0.2, 0.25) is 10.0 Å². The van der Waals surface area contributed by atoms with Crippen LogP contribution in [-0.2, 0) is 19.5 Å². The largest absolute Gasteiger partial charge is 0.465 e. The van der Waals surface area contributed by atoms with E-state index in [1.54, 1.807) is 11.3 Å². The first-order valence-electron chi connectivity index (χ1n) is 10.0. The molecule has 168 valence electrons. The van der Waals surface area contributed by atoms with E-state index in [-0.39, 0.29) is 28.5 Å². The molecule has 0 aliphatic carbocycles. The average molecular weight is 475 g/mol. The Hall–Kier alpha value is -2.82. The fraction of sp³-hybridized carbons (Fsp3) is 0.318. The molecule has 1 atom stereocenters. The van der Waals surface area contributed by atoms with Crippen molar-refractivity contribution in [3.63, 3.8) is 0 Å². The monoisotopic (exact) mass is 474 g/mol. The Bertz CT molecular complexity index is 1220. The lowest BCUT2D eigenvalue weighted by molar-refractivity contribution is 0.0598. The molecule has 1 aliphatic rings. The molecule has 0 N–H and O–H groups in total. The maximum Gasteiger partial charge on any atom is 0.337 e. The molecule has 32 heavy (non-hydrogen) atoms. The molecule has 2 aromatic carbocycles. The molecule has 1 aliphatic heterocycles. The van der Waals surface area contributed by atoms with E-state index in [9.17, 15) is 18.0 Å². The average Bonchev–Trinajstić information content (AvgIpc) is 3.27. The maximum atomic E-state index is 13.5. The summed E-state index contributed by atoms with van der Waals surface area (Å²) in [4.78, 5) is 28.7. The Balaban J connectivity index is 1.67. The summed E-state index contributed by atoms with van der Waals surface area (Å²) >= 11 is 1.58. The molecule has 0 unspecified atom stereocenters. The van der Waals surface area contributed by atoms with Crippen LogP contribution in [0.15, 0.2) is 47.4 Å². The zero-order valence-electron chi connectivity index (χ0n) is 17.6. The summed E-state index contributed by atoms with van der Waals surface area (Å²) in [6.45, 7) is 0.623. The van der Waals surface area contributed by atoms with E-state index in [0.29, 0.717) is 13.0 Å². The number of esters is 2. The number of hydrogen-bond acceptors (Lipinski definition) is 8. The van der Waals surface area contributed by atoms with Crippen LogP contribution in [0.3, 0.4) is 0 Å². The molecule has 0 saturated carbocycles. The second-order valence-corrected chi connectivity index (χ2v) is 10.5. The minimum atomic E-state index is -3.97. The normalized spacial score (nSPS) is 17.2. The van der Waals surface area contributed by atoms with Crippen molar-refractivity contribution in [3.05, 3.63) is 58.6 Å². The number of aromatic nitrogens is 1. The van der Waals surface area contributed by atoms with Crippen molar-refractivity contribution >= 4 is 43.5 Å². The number of benzene rings is 2. The van der Waals surface area contributed by atoms with Gasteiger partial charge >= 0.3 is 11.9 Å². The van der Waals surface area contributed by atoms with Gasteiger partial charge < -0.3 is 9.47 Å². The van der Waals surface area contributed by atoms with Gasteiger partial charge in [-0.25, -0.2) is 23.0 Å². The van der Waals surface area contributed by atoms with Gasteiger partial charge in [0.1, 0.15) is 0 Å². The molecule has 0 spiro atoms. The number of ether oxygens (including phenoxy) is 2. The lowest BCUT2D eigenvalue weighted by Crippen LogP contribution is -2.39. The van der Waals surface area contributed by atoms with Crippen molar-refractivity contribution in [2.45, 2.75) is 23.7 Å². The molecule has 0 amide bonds. The molecule has 0 bridgehead atoms. The number of sulfonamides is 1. The second kappa shape index (κ2) is 8.97. The Labute approximate surface area is 189 Å². The predicted octanol–water partition coefficient (Wildman–Crippen LogP) is 3.44. The van der Waals surface area contributed by atoms with Gasteiger partial charge in [-0.05, 0) is 43.2 Å². The first-order chi connectivity index (χ1) is 15.3. The summed E-state index contributed by atoms with van der Waals surface area (Å²) in [6.07, 6.45) is 1.52. The topological polar surface area (TPSA) is 103 Å². The van der Waals surface area contributed by atoms with E-state index in [1.165, 1.54) is 36.7 Å². The van der Waals surface area contributed by atoms with Crippen molar-refractivity contribution in [2.24, 2.45) is 0 Å². The molecule has 1 aromatic heterocycles. The molecular weight excluding hydrogens is 452 g/mol. The summed E-state index contributed by atoms with van der Waals surface area (Å²) in [5, 5.41) is 0.907. The summed E-state index contributed by atoms with van der Waals surface area (Å²) < 4.78 is 38.8. The first-order valence-corrected chi connectivity index (χ1v) is 12.3. The van der Waals surface area contributed by atoms with Gasteiger partial charge in [0.05, 0.1) is 45.5 Å². The molecule has 8 nitrogen and oxygen atoms in total. The highest BCUT2D eigenvalue weighted by Crippen LogP contribution is 2.35. The van der Waals surface area contributed by atoms with E-state index in [0.717, 1.165) is 21.6 Å². The Kier molecular flexibility index (Phi) is 6.27. The van der Waals surface area contributed by atoms with Crippen LogP contribution < -0.4 is 0 Å². The number of nitrogens with zero attached hydrogens (tertiary/aromatic N) is 2. The van der Waals surface area contributed by atoms with E-state index < -0.39 is 22.0 Å². The number of hydrogen-bond donors (Lipinski definition) is 0. The van der Waals surface area contributed by atoms with Gasteiger partial charge in [-0.15, -0.1) is 11.3 Å². The second-order valence-electron chi connectivity index (χ2n) is 7.45. The van der Waals surface area contributed by atoms with Gasteiger partial charge in [0.15, 0.2) is 0 Å². The standard InChI is InChI=1S/C22H22N2O6S2/c1-29-21(25)15-10-16(22(26)30-2)12-17(11-15)32(27,28)24-9-5-6-14(13-24)20-23-18-7-3-4-8-19(18)31-20/h3-4,7-8,10-12,14H,5-6,9,13H2,1-2H3/t14-/m1/s1. The lowest BCUT2D eigenvalue weighted by Gasteiger charge is -2.31. The molecular formula is C22H22N2O6S2.